The van der Waals surface area contributed by atoms with Crippen molar-refractivity contribution in [2.75, 3.05) is 18.2 Å². The Hall–Kier alpha value is -3.27. The van der Waals surface area contributed by atoms with Crippen LogP contribution in [0.25, 0.3) is 11.1 Å². The summed E-state index contributed by atoms with van der Waals surface area (Å²) in [5, 5.41) is 5.43. The second-order valence-corrected chi connectivity index (χ2v) is 5.91. The number of amides is 1. The Bertz CT molecular complexity index is 1040. The lowest BCUT2D eigenvalue weighted by atomic mass is 10.1. The highest BCUT2D eigenvalue weighted by molar-refractivity contribution is 6.33. The molecule has 2 aromatic heterocycles. The number of hydrogen-bond acceptors (Lipinski definition) is 6. The Kier molecular flexibility index (Phi) is 5.14. The van der Waals surface area contributed by atoms with Crippen LogP contribution in [-0.4, -0.2) is 23.2 Å². The predicted molar refractivity (Wildman–Crippen MR) is 95.1 cm³/mol. The molecule has 0 aliphatic rings. The first-order chi connectivity index (χ1) is 13.2. The van der Waals surface area contributed by atoms with Crippen LogP contribution in [0.4, 0.5) is 24.8 Å². The molecule has 11 heteroatoms. The number of methoxy groups -OCH3 is 1. The van der Waals surface area contributed by atoms with Crippen molar-refractivity contribution in [1.29, 1.82) is 0 Å². The van der Waals surface area contributed by atoms with Crippen molar-refractivity contribution < 1.29 is 27.2 Å². The van der Waals surface area contributed by atoms with Gasteiger partial charge in [-0.1, -0.05) is 16.8 Å². The number of benzene rings is 1. The number of carbonyl (C=O) groups excluding carboxylic acids is 1. The van der Waals surface area contributed by atoms with E-state index >= 15 is 0 Å². The number of nitrogens with two attached hydrogens (primary N) is 1. The minimum atomic E-state index is -4.83. The highest BCUT2D eigenvalue weighted by Gasteiger charge is 2.39. The largest absolute Gasteiger partial charge is 0.497 e. The van der Waals surface area contributed by atoms with Crippen LogP contribution in [0, 0.1) is 0 Å². The topological polar surface area (TPSA) is 103 Å². The number of nitrogens with one attached hydrogen (secondary N) is 1. The number of nitrogen functional groups attached to an aromatic ring is 1. The summed E-state index contributed by atoms with van der Waals surface area (Å²) in [6.45, 7) is 0. The fourth-order valence-corrected chi connectivity index (χ4v) is 2.62. The van der Waals surface area contributed by atoms with Crippen molar-refractivity contribution in [3.8, 4) is 16.9 Å². The normalized spacial score (nSPS) is 11.3. The van der Waals surface area contributed by atoms with Gasteiger partial charge in [-0.2, -0.15) is 13.2 Å². The molecule has 2 heterocycles. The van der Waals surface area contributed by atoms with Crippen molar-refractivity contribution in [1.82, 2.24) is 10.1 Å². The molecule has 0 saturated carbocycles. The molecule has 1 amide bonds. The number of ether oxygens (including phenoxy) is 1. The molecule has 0 unspecified atom stereocenters. The summed E-state index contributed by atoms with van der Waals surface area (Å²) in [4.78, 5) is 16.1. The third-order valence-electron chi connectivity index (χ3n) is 3.71. The Balaban J connectivity index is 1.88. The Morgan fingerprint density at radius 2 is 2.00 bits per heavy atom. The summed E-state index contributed by atoms with van der Waals surface area (Å²) < 4.78 is 47.9. The molecule has 3 rings (SSSR count). The van der Waals surface area contributed by atoms with E-state index in [0.717, 1.165) is 0 Å². The van der Waals surface area contributed by atoms with E-state index in [2.05, 4.69) is 20.0 Å². The van der Waals surface area contributed by atoms with Gasteiger partial charge in [-0.3, -0.25) is 4.79 Å². The SMILES string of the molecule is COc1ccc(Cl)c(-c2ccc(NC(=O)c3conc3C(F)(F)F)nc2N)c1. The fourth-order valence-electron chi connectivity index (χ4n) is 2.40. The molecule has 0 aliphatic carbocycles. The molecule has 0 radical (unpaired) electrons. The van der Waals surface area contributed by atoms with Gasteiger partial charge >= 0.3 is 6.18 Å². The van der Waals surface area contributed by atoms with E-state index in [4.69, 9.17) is 22.1 Å². The van der Waals surface area contributed by atoms with E-state index in [1.54, 1.807) is 18.2 Å². The van der Waals surface area contributed by atoms with Crippen LogP contribution in [0.15, 0.2) is 41.1 Å². The average Bonchev–Trinajstić information content (AvgIpc) is 3.13. The van der Waals surface area contributed by atoms with Crippen molar-refractivity contribution in [2.45, 2.75) is 6.18 Å². The Labute approximate surface area is 161 Å². The molecule has 0 bridgehead atoms. The zero-order valence-corrected chi connectivity index (χ0v) is 14.9. The maximum atomic E-state index is 12.8. The minimum absolute atomic E-state index is 0.00863. The molecule has 0 saturated heterocycles. The lowest BCUT2D eigenvalue weighted by Gasteiger charge is -2.11. The molecule has 0 spiro atoms. The molecule has 3 N–H and O–H groups in total. The van der Waals surface area contributed by atoms with Gasteiger partial charge in [-0.25, -0.2) is 4.98 Å². The van der Waals surface area contributed by atoms with Crippen molar-refractivity contribution >= 4 is 29.1 Å². The van der Waals surface area contributed by atoms with E-state index in [-0.39, 0.29) is 11.6 Å². The van der Waals surface area contributed by atoms with Crippen LogP contribution >= 0.6 is 11.6 Å². The second-order valence-electron chi connectivity index (χ2n) is 5.50. The summed E-state index contributed by atoms with van der Waals surface area (Å²) in [7, 11) is 1.49. The number of carbonyl (C=O) groups is 1. The number of anilines is 2. The molecule has 0 fully saturated rings. The van der Waals surface area contributed by atoms with Gasteiger partial charge in [-0.05, 0) is 30.3 Å². The molecule has 0 aliphatic heterocycles. The van der Waals surface area contributed by atoms with Gasteiger partial charge in [0.25, 0.3) is 5.91 Å². The van der Waals surface area contributed by atoms with Gasteiger partial charge in [0.1, 0.15) is 29.2 Å². The summed E-state index contributed by atoms with van der Waals surface area (Å²) in [5.74, 6) is -0.593. The molecule has 7 nitrogen and oxygen atoms in total. The Morgan fingerprint density at radius 1 is 1.25 bits per heavy atom. The fraction of sp³-hybridized carbons (Fsp3) is 0.118. The number of halogens is 4. The first-order valence-electron chi connectivity index (χ1n) is 7.64. The lowest BCUT2D eigenvalue weighted by molar-refractivity contribution is -0.143. The molecule has 28 heavy (non-hydrogen) atoms. The van der Waals surface area contributed by atoms with Gasteiger partial charge in [0.15, 0.2) is 5.69 Å². The lowest BCUT2D eigenvalue weighted by Crippen LogP contribution is -2.18. The van der Waals surface area contributed by atoms with E-state index in [1.807, 2.05) is 0 Å². The van der Waals surface area contributed by atoms with Gasteiger partial charge in [0.2, 0.25) is 0 Å². The van der Waals surface area contributed by atoms with E-state index < -0.39 is 23.3 Å². The highest BCUT2D eigenvalue weighted by Crippen LogP contribution is 2.35. The maximum Gasteiger partial charge on any atom is 0.437 e. The van der Waals surface area contributed by atoms with E-state index in [9.17, 15) is 18.0 Å². The van der Waals surface area contributed by atoms with Crippen LogP contribution in [-0.2, 0) is 6.18 Å². The number of alkyl halides is 3. The number of hydrogen-bond donors (Lipinski definition) is 2. The molecular formula is C17H12ClF3N4O3. The van der Waals surface area contributed by atoms with E-state index in [0.29, 0.717) is 28.2 Å². The number of aromatic nitrogens is 2. The van der Waals surface area contributed by atoms with E-state index in [1.165, 1.54) is 19.2 Å². The van der Waals surface area contributed by atoms with Crippen molar-refractivity contribution in [2.24, 2.45) is 0 Å². The number of nitrogens with zero attached hydrogens (tertiary/aromatic N) is 2. The zero-order valence-electron chi connectivity index (χ0n) is 14.2. The summed E-state index contributed by atoms with van der Waals surface area (Å²) >= 11 is 6.18. The third kappa shape index (κ3) is 3.86. The molecule has 146 valence electrons. The summed E-state index contributed by atoms with van der Waals surface area (Å²) in [6, 6.07) is 7.84. The van der Waals surface area contributed by atoms with Gasteiger partial charge in [0.05, 0.1) is 7.11 Å². The standard InChI is InChI=1S/C17H12ClF3N4O3/c1-27-8-2-4-12(18)10(6-8)9-3-5-13(23-15(9)22)24-16(26)11-7-28-25-14(11)17(19,20)21/h2-7H,1H3,(H3,22,23,24,26). The molecular weight excluding hydrogens is 401 g/mol. The second kappa shape index (κ2) is 7.39. The van der Waals surface area contributed by atoms with Crippen LogP contribution in [0.5, 0.6) is 5.75 Å². The number of pyridine rings is 1. The average molecular weight is 413 g/mol. The predicted octanol–water partition coefficient (Wildman–Crippen LogP) is 4.25. The summed E-state index contributed by atoms with van der Waals surface area (Å²) in [6.07, 6.45) is -4.23. The molecule has 1 aromatic carbocycles. The summed E-state index contributed by atoms with van der Waals surface area (Å²) in [5.41, 5.74) is 4.74. The van der Waals surface area contributed by atoms with Crippen molar-refractivity contribution in [3.05, 3.63) is 52.9 Å². The first-order valence-corrected chi connectivity index (χ1v) is 8.02. The highest BCUT2D eigenvalue weighted by atomic mass is 35.5. The van der Waals surface area contributed by atoms with Gasteiger partial charge < -0.3 is 20.3 Å². The first kappa shape index (κ1) is 19.5. The van der Waals surface area contributed by atoms with Gasteiger partial charge in [-0.15, -0.1) is 0 Å². The molecule has 3 aromatic rings. The quantitative estimate of drug-likeness (QED) is 0.664. The van der Waals surface area contributed by atoms with Crippen LogP contribution in [0.3, 0.4) is 0 Å². The zero-order chi connectivity index (χ0) is 20.5. The minimum Gasteiger partial charge on any atom is -0.497 e. The number of rotatable bonds is 4. The third-order valence-corrected chi connectivity index (χ3v) is 4.04. The van der Waals surface area contributed by atoms with Gasteiger partial charge in [0, 0.05) is 16.1 Å². The van der Waals surface area contributed by atoms with Crippen LogP contribution in [0.1, 0.15) is 16.1 Å². The smallest absolute Gasteiger partial charge is 0.437 e. The monoisotopic (exact) mass is 412 g/mol. The van der Waals surface area contributed by atoms with Crippen molar-refractivity contribution in [3.63, 3.8) is 0 Å². The molecule has 0 atom stereocenters. The van der Waals surface area contributed by atoms with Crippen LogP contribution < -0.4 is 15.8 Å². The van der Waals surface area contributed by atoms with Crippen LogP contribution in [0.2, 0.25) is 5.02 Å². The Morgan fingerprint density at radius 3 is 2.64 bits per heavy atom. The maximum absolute atomic E-state index is 12.8.